The van der Waals surface area contributed by atoms with Crippen LogP contribution < -0.4 is 0 Å². The van der Waals surface area contributed by atoms with Gasteiger partial charge < -0.3 is 4.74 Å². The van der Waals surface area contributed by atoms with Gasteiger partial charge in [0.15, 0.2) is 0 Å². The van der Waals surface area contributed by atoms with Crippen molar-refractivity contribution < 1.29 is 9.53 Å². The molecule has 0 atom stereocenters. The second kappa shape index (κ2) is 7.29. The minimum Gasteiger partial charge on any atom is -0.457 e. The highest BCUT2D eigenvalue weighted by atomic mass is 16.5. The van der Waals surface area contributed by atoms with Gasteiger partial charge in [0.25, 0.3) is 0 Å². The lowest BCUT2D eigenvalue weighted by molar-refractivity contribution is -0.140. The number of ether oxygens (including phenoxy) is 1. The van der Waals surface area contributed by atoms with Crippen molar-refractivity contribution in [2.75, 3.05) is 0 Å². The monoisotopic (exact) mass is 266 g/mol. The highest BCUT2D eigenvalue weighted by Gasteiger charge is 2.08. The summed E-state index contributed by atoms with van der Waals surface area (Å²) in [4.78, 5) is 11.8. The van der Waals surface area contributed by atoms with Gasteiger partial charge in [0.1, 0.15) is 6.61 Å². The Morgan fingerprint density at radius 3 is 2.05 bits per heavy atom. The molecule has 0 aromatic heterocycles. The summed E-state index contributed by atoms with van der Waals surface area (Å²) >= 11 is 0. The Balaban J connectivity index is 1.76. The van der Waals surface area contributed by atoms with E-state index in [0.717, 1.165) is 12.0 Å². The predicted octanol–water partition coefficient (Wildman–Crippen LogP) is 3.92. The van der Waals surface area contributed by atoms with Crippen LogP contribution in [0.5, 0.6) is 0 Å². The molecule has 0 fully saturated rings. The number of hydrogen-bond donors (Lipinski definition) is 0. The van der Waals surface area contributed by atoms with Gasteiger partial charge in [-0.25, -0.2) is 4.79 Å². The Kier molecular flexibility index (Phi) is 5.13. The summed E-state index contributed by atoms with van der Waals surface area (Å²) < 4.78 is 5.24. The van der Waals surface area contributed by atoms with Gasteiger partial charge in [0.05, 0.1) is 0 Å². The fraction of sp³-hybridized carbons (Fsp3) is 0.167. The number of aryl methyl sites for hydroxylation is 1. The third kappa shape index (κ3) is 4.39. The van der Waals surface area contributed by atoms with Crippen LogP contribution in [0.15, 0.2) is 72.8 Å². The normalized spacial score (nSPS) is 10.0. The number of carbonyl (C=O) groups excluding carboxylic acids is 1. The summed E-state index contributed by atoms with van der Waals surface area (Å²) in [7, 11) is 0. The summed E-state index contributed by atoms with van der Waals surface area (Å²) in [6.07, 6.45) is 1.43. The van der Waals surface area contributed by atoms with Gasteiger partial charge in [0.2, 0.25) is 0 Å². The number of hydrogen-bond acceptors (Lipinski definition) is 2. The molecule has 0 saturated heterocycles. The lowest BCUT2D eigenvalue weighted by Crippen LogP contribution is -2.08. The van der Waals surface area contributed by atoms with Crippen molar-refractivity contribution in [3.63, 3.8) is 0 Å². The Bertz CT molecular complexity index is 505. The predicted molar refractivity (Wildman–Crippen MR) is 80.1 cm³/mol. The van der Waals surface area contributed by atoms with Gasteiger partial charge in [-0.3, -0.25) is 0 Å². The molecule has 0 unspecified atom stereocenters. The number of carbonyl (C=O) groups is 1. The summed E-state index contributed by atoms with van der Waals surface area (Å²) in [5, 5.41) is 0. The van der Waals surface area contributed by atoms with Crippen LogP contribution in [0, 0.1) is 0 Å². The van der Waals surface area contributed by atoms with Crippen molar-refractivity contribution in [1.82, 2.24) is 0 Å². The van der Waals surface area contributed by atoms with Crippen LogP contribution in [-0.2, 0) is 22.6 Å². The van der Waals surface area contributed by atoms with Gasteiger partial charge >= 0.3 is 5.97 Å². The lowest BCUT2D eigenvalue weighted by Gasteiger charge is -2.07. The molecule has 0 spiro atoms. The molecule has 2 heteroatoms. The number of esters is 1. The fourth-order valence-corrected chi connectivity index (χ4v) is 1.87. The molecule has 2 aromatic carbocycles. The second-order valence-electron chi connectivity index (χ2n) is 4.65. The molecule has 0 aliphatic carbocycles. The van der Waals surface area contributed by atoms with Gasteiger partial charge in [-0.05, 0) is 24.0 Å². The smallest absolute Gasteiger partial charge is 0.333 e. The number of benzene rings is 2. The van der Waals surface area contributed by atoms with E-state index in [-0.39, 0.29) is 5.97 Å². The third-order valence-electron chi connectivity index (χ3n) is 3.06. The molecular weight excluding hydrogens is 248 g/mol. The maximum absolute atomic E-state index is 11.8. The molecule has 0 radical (unpaired) electrons. The first-order chi connectivity index (χ1) is 9.75. The molecule has 0 aliphatic rings. The van der Waals surface area contributed by atoms with E-state index in [1.165, 1.54) is 5.56 Å². The molecule has 102 valence electrons. The van der Waals surface area contributed by atoms with E-state index >= 15 is 0 Å². The van der Waals surface area contributed by atoms with E-state index in [0.29, 0.717) is 18.6 Å². The minimum absolute atomic E-state index is 0.296. The van der Waals surface area contributed by atoms with Gasteiger partial charge in [-0.2, -0.15) is 0 Å². The maximum atomic E-state index is 11.8. The quantitative estimate of drug-likeness (QED) is 0.585. The highest BCUT2D eigenvalue weighted by molar-refractivity contribution is 5.87. The van der Waals surface area contributed by atoms with Crippen LogP contribution in [0.3, 0.4) is 0 Å². The van der Waals surface area contributed by atoms with Crippen LogP contribution in [-0.4, -0.2) is 5.97 Å². The molecule has 0 bridgehead atoms. The zero-order valence-corrected chi connectivity index (χ0v) is 11.4. The molecule has 0 heterocycles. The van der Waals surface area contributed by atoms with Crippen molar-refractivity contribution in [3.05, 3.63) is 83.9 Å². The maximum Gasteiger partial charge on any atom is 0.333 e. The molecule has 20 heavy (non-hydrogen) atoms. The van der Waals surface area contributed by atoms with Gasteiger partial charge in [-0.15, -0.1) is 0 Å². The van der Waals surface area contributed by atoms with Crippen molar-refractivity contribution in [2.24, 2.45) is 0 Å². The Morgan fingerprint density at radius 1 is 0.900 bits per heavy atom. The Hall–Kier alpha value is -2.35. The molecule has 2 rings (SSSR count). The van der Waals surface area contributed by atoms with Crippen LogP contribution in [0.1, 0.15) is 17.5 Å². The van der Waals surface area contributed by atoms with Crippen LogP contribution in [0.2, 0.25) is 0 Å². The largest absolute Gasteiger partial charge is 0.457 e. The van der Waals surface area contributed by atoms with E-state index < -0.39 is 0 Å². The molecule has 2 aromatic rings. The van der Waals surface area contributed by atoms with Gasteiger partial charge in [-0.1, -0.05) is 67.2 Å². The van der Waals surface area contributed by atoms with Crippen molar-refractivity contribution in [3.8, 4) is 0 Å². The van der Waals surface area contributed by atoms with Crippen molar-refractivity contribution >= 4 is 5.97 Å². The standard InChI is InChI=1S/C18H18O2/c1-15(12-13-16-8-4-2-5-9-16)18(19)20-14-17-10-6-3-7-11-17/h2-11H,1,12-14H2. The topological polar surface area (TPSA) is 26.3 Å². The van der Waals surface area contributed by atoms with Crippen LogP contribution >= 0.6 is 0 Å². The SMILES string of the molecule is C=C(CCc1ccccc1)C(=O)OCc1ccccc1. The Labute approximate surface area is 119 Å². The Morgan fingerprint density at radius 2 is 1.45 bits per heavy atom. The van der Waals surface area contributed by atoms with Crippen molar-refractivity contribution in [1.29, 1.82) is 0 Å². The summed E-state index contributed by atoms with van der Waals surface area (Å²) in [5.41, 5.74) is 2.70. The van der Waals surface area contributed by atoms with Crippen molar-refractivity contribution in [2.45, 2.75) is 19.4 Å². The van der Waals surface area contributed by atoms with Gasteiger partial charge in [0, 0.05) is 5.57 Å². The van der Waals surface area contributed by atoms with E-state index in [1.807, 2.05) is 60.7 Å². The first kappa shape index (κ1) is 14.1. The highest BCUT2D eigenvalue weighted by Crippen LogP contribution is 2.10. The zero-order valence-electron chi connectivity index (χ0n) is 11.4. The van der Waals surface area contributed by atoms with E-state index in [9.17, 15) is 4.79 Å². The molecule has 0 N–H and O–H groups in total. The molecule has 0 amide bonds. The molecular formula is C18H18O2. The summed E-state index contributed by atoms with van der Waals surface area (Å²) in [6, 6.07) is 19.7. The summed E-state index contributed by atoms with van der Waals surface area (Å²) in [5.74, 6) is -0.315. The second-order valence-corrected chi connectivity index (χ2v) is 4.65. The average Bonchev–Trinajstić information content (AvgIpc) is 2.52. The summed E-state index contributed by atoms with van der Waals surface area (Å²) in [6.45, 7) is 4.10. The molecule has 0 saturated carbocycles. The average molecular weight is 266 g/mol. The fourth-order valence-electron chi connectivity index (χ4n) is 1.87. The molecule has 2 nitrogen and oxygen atoms in total. The minimum atomic E-state index is -0.315. The van der Waals surface area contributed by atoms with E-state index in [1.54, 1.807) is 0 Å². The van der Waals surface area contributed by atoms with Crippen LogP contribution in [0.4, 0.5) is 0 Å². The zero-order chi connectivity index (χ0) is 14.2. The lowest BCUT2D eigenvalue weighted by atomic mass is 10.1. The molecule has 0 aliphatic heterocycles. The first-order valence-corrected chi connectivity index (χ1v) is 6.68. The van der Waals surface area contributed by atoms with E-state index in [4.69, 9.17) is 4.74 Å². The number of rotatable bonds is 6. The third-order valence-corrected chi connectivity index (χ3v) is 3.06. The van der Waals surface area contributed by atoms with E-state index in [2.05, 4.69) is 6.58 Å². The van der Waals surface area contributed by atoms with Crippen LogP contribution in [0.25, 0.3) is 0 Å². The first-order valence-electron chi connectivity index (χ1n) is 6.68.